The quantitative estimate of drug-likeness (QED) is 0.0963. The predicted molar refractivity (Wildman–Crippen MR) is 141 cm³/mol. The number of allylic oxidation sites excluding steroid dienone is 1. The van der Waals surface area contributed by atoms with Gasteiger partial charge in [-0.25, -0.2) is 0 Å². The predicted octanol–water partition coefficient (Wildman–Crippen LogP) is 11.7. The van der Waals surface area contributed by atoms with Gasteiger partial charge in [-0.1, -0.05) is 167 Å². The normalized spacial score (nSPS) is 11.3. The molecule has 0 N–H and O–H groups in total. The molecule has 0 amide bonds. The summed E-state index contributed by atoms with van der Waals surface area (Å²) >= 11 is 0. The summed E-state index contributed by atoms with van der Waals surface area (Å²) in [7, 11) is 0. The zero-order valence-corrected chi connectivity index (χ0v) is 21.6. The van der Waals surface area contributed by atoms with E-state index >= 15 is 0 Å². The summed E-state index contributed by atoms with van der Waals surface area (Å²) in [6.07, 6.45) is 37.9. The summed E-state index contributed by atoms with van der Waals surface area (Å²) in [4.78, 5) is 0. The second-order valence-corrected chi connectivity index (χ2v) is 10.2. The van der Waals surface area contributed by atoms with Gasteiger partial charge in [-0.3, -0.25) is 0 Å². The van der Waals surface area contributed by atoms with Gasteiger partial charge in [0.2, 0.25) is 0 Å². The van der Waals surface area contributed by atoms with Crippen LogP contribution in [-0.4, -0.2) is 0 Å². The van der Waals surface area contributed by atoms with E-state index in [0.717, 1.165) is 0 Å². The maximum absolute atomic E-state index is 3.99. The molecule has 0 aromatic heterocycles. The molecule has 0 radical (unpaired) electrons. The van der Waals surface area contributed by atoms with Gasteiger partial charge in [0.25, 0.3) is 0 Å². The molecule has 0 aliphatic carbocycles. The molecule has 0 fully saturated rings. The molecule has 0 bridgehead atoms. The second kappa shape index (κ2) is 26.8. The first-order valence-electron chi connectivity index (χ1n) is 14.4. The van der Waals surface area contributed by atoms with Gasteiger partial charge in [-0.15, -0.1) is 6.58 Å². The van der Waals surface area contributed by atoms with Crippen LogP contribution in [0.15, 0.2) is 12.2 Å². The zero-order valence-electron chi connectivity index (χ0n) is 21.6. The van der Waals surface area contributed by atoms with Crippen LogP contribution in [-0.2, 0) is 0 Å². The lowest BCUT2D eigenvalue weighted by Crippen LogP contribution is -1.85. The Labute approximate surface area is 193 Å². The number of hydrogen-bond donors (Lipinski definition) is 0. The Hall–Kier alpha value is -0.260. The molecule has 180 valence electrons. The second-order valence-electron chi connectivity index (χ2n) is 10.2. The van der Waals surface area contributed by atoms with Crippen LogP contribution in [0.3, 0.4) is 0 Å². The van der Waals surface area contributed by atoms with Crippen molar-refractivity contribution in [2.24, 2.45) is 0 Å². The average molecular weight is 421 g/mol. The summed E-state index contributed by atoms with van der Waals surface area (Å²) in [6, 6.07) is 0. The maximum Gasteiger partial charge on any atom is -0.0326 e. The van der Waals surface area contributed by atoms with Crippen molar-refractivity contribution in [3.63, 3.8) is 0 Å². The van der Waals surface area contributed by atoms with Gasteiger partial charge in [0, 0.05) is 0 Å². The molecule has 0 heteroatoms. The summed E-state index contributed by atoms with van der Waals surface area (Å²) < 4.78 is 0. The molecule has 0 atom stereocenters. The van der Waals surface area contributed by atoms with Crippen molar-refractivity contribution in [3.8, 4) is 0 Å². The first kappa shape index (κ1) is 29.7. The Morgan fingerprint density at radius 2 is 0.567 bits per heavy atom. The Bertz CT molecular complexity index is 316. The Morgan fingerprint density at radius 1 is 0.367 bits per heavy atom. The molecule has 0 aliphatic heterocycles. The molecule has 0 aromatic rings. The van der Waals surface area contributed by atoms with Gasteiger partial charge < -0.3 is 0 Å². The van der Waals surface area contributed by atoms with Crippen LogP contribution in [0, 0.1) is 0 Å². The minimum atomic E-state index is 1.24. The minimum absolute atomic E-state index is 1.24. The van der Waals surface area contributed by atoms with E-state index in [4.69, 9.17) is 0 Å². The van der Waals surface area contributed by atoms with Gasteiger partial charge >= 0.3 is 0 Å². The van der Waals surface area contributed by atoms with Gasteiger partial charge in [-0.2, -0.15) is 0 Å². The monoisotopic (exact) mass is 420 g/mol. The molecule has 0 nitrogen and oxygen atoms in total. The summed E-state index contributed by atoms with van der Waals surface area (Å²) in [5, 5.41) is 0. The van der Waals surface area contributed by atoms with Crippen LogP contribution in [0.5, 0.6) is 0 Å². The van der Waals surface area contributed by atoms with Gasteiger partial charge in [0.15, 0.2) is 0 Å². The fourth-order valence-corrected chi connectivity index (χ4v) is 4.57. The third-order valence-corrected chi connectivity index (χ3v) is 6.71. The fraction of sp³-hybridized carbons (Fsp3) is 0.933. The molecular formula is C30H60. The maximum atomic E-state index is 3.99. The average Bonchev–Trinajstić information content (AvgIpc) is 2.73. The smallest absolute Gasteiger partial charge is 0.0326 e. The Morgan fingerprint density at radius 3 is 0.767 bits per heavy atom. The van der Waals surface area contributed by atoms with E-state index < -0.39 is 0 Å². The molecule has 0 unspecified atom stereocenters. The van der Waals surface area contributed by atoms with E-state index in [-0.39, 0.29) is 0 Å². The highest BCUT2D eigenvalue weighted by Crippen LogP contribution is 2.16. The van der Waals surface area contributed by atoms with Crippen LogP contribution in [0.2, 0.25) is 0 Å². The van der Waals surface area contributed by atoms with E-state index in [2.05, 4.69) is 20.4 Å². The van der Waals surface area contributed by atoms with Crippen LogP contribution >= 0.6 is 0 Å². The summed E-state index contributed by atoms with van der Waals surface area (Å²) in [6.45, 7) is 8.44. The van der Waals surface area contributed by atoms with E-state index in [1.165, 1.54) is 173 Å². The molecule has 30 heavy (non-hydrogen) atoms. The molecular weight excluding hydrogens is 360 g/mol. The molecule has 0 heterocycles. The van der Waals surface area contributed by atoms with Crippen molar-refractivity contribution in [1.82, 2.24) is 0 Å². The first-order chi connectivity index (χ1) is 14.8. The fourth-order valence-electron chi connectivity index (χ4n) is 4.57. The van der Waals surface area contributed by atoms with E-state index in [1.54, 1.807) is 0 Å². The first-order valence-corrected chi connectivity index (χ1v) is 14.4. The van der Waals surface area contributed by atoms with Gasteiger partial charge in [0.05, 0.1) is 0 Å². The molecule has 0 saturated carbocycles. The van der Waals surface area contributed by atoms with Gasteiger partial charge in [-0.05, 0) is 19.8 Å². The highest BCUT2D eigenvalue weighted by Gasteiger charge is 1.96. The lowest BCUT2D eigenvalue weighted by molar-refractivity contribution is 0.516. The standard InChI is InChI=1S/C30H60/c1-4-5-6-7-8-9-10-11-12-13-14-15-16-17-18-19-20-21-22-23-24-25-26-27-28-29-30(2)3/h2,4-29H2,1,3H3. The minimum Gasteiger partial charge on any atom is -0.100 e. The molecule has 0 saturated heterocycles. The van der Waals surface area contributed by atoms with Crippen molar-refractivity contribution >= 4 is 0 Å². The van der Waals surface area contributed by atoms with Crippen molar-refractivity contribution in [2.45, 2.75) is 181 Å². The van der Waals surface area contributed by atoms with Crippen molar-refractivity contribution < 1.29 is 0 Å². The molecule has 0 rings (SSSR count). The third-order valence-electron chi connectivity index (χ3n) is 6.71. The third kappa shape index (κ3) is 27.7. The van der Waals surface area contributed by atoms with E-state index in [1.807, 2.05) is 0 Å². The summed E-state index contributed by atoms with van der Waals surface area (Å²) in [5.74, 6) is 0. The summed E-state index contributed by atoms with van der Waals surface area (Å²) in [5.41, 5.74) is 1.35. The van der Waals surface area contributed by atoms with Crippen LogP contribution in [0.1, 0.15) is 181 Å². The molecule has 0 aliphatic rings. The van der Waals surface area contributed by atoms with Crippen molar-refractivity contribution in [3.05, 3.63) is 12.2 Å². The highest BCUT2D eigenvalue weighted by molar-refractivity contribution is 4.86. The lowest BCUT2D eigenvalue weighted by Gasteiger charge is -2.04. The van der Waals surface area contributed by atoms with Crippen molar-refractivity contribution in [1.29, 1.82) is 0 Å². The topological polar surface area (TPSA) is 0 Å². The van der Waals surface area contributed by atoms with Crippen LogP contribution in [0.25, 0.3) is 0 Å². The highest BCUT2D eigenvalue weighted by atomic mass is 14.0. The SMILES string of the molecule is C=C(C)CCCCCCCCCCCCCCCCCCCCCCCCCCC. The number of rotatable bonds is 26. The lowest BCUT2D eigenvalue weighted by atomic mass is 10.0. The number of unbranched alkanes of at least 4 members (excludes halogenated alkanes) is 24. The Kier molecular flexibility index (Phi) is 26.5. The van der Waals surface area contributed by atoms with Crippen molar-refractivity contribution in [2.75, 3.05) is 0 Å². The van der Waals surface area contributed by atoms with Gasteiger partial charge in [0.1, 0.15) is 0 Å². The van der Waals surface area contributed by atoms with Crippen LogP contribution in [0.4, 0.5) is 0 Å². The molecule has 0 aromatic carbocycles. The Balaban J connectivity index is 2.99. The van der Waals surface area contributed by atoms with E-state index in [9.17, 15) is 0 Å². The number of hydrogen-bond acceptors (Lipinski definition) is 0. The van der Waals surface area contributed by atoms with Crippen LogP contribution < -0.4 is 0 Å². The zero-order chi connectivity index (χ0) is 22.0. The van der Waals surface area contributed by atoms with E-state index in [0.29, 0.717) is 0 Å². The largest absolute Gasteiger partial charge is 0.100 e. The molecule has 0 spiro atoms.